The first-order valence-electron chi connectivity index (χ1n) is 7.33. The number of nitrogens with zero attached hydrogens (tertiary/aromatic N) is 5. The lowest BCUT2D eigenvalue weighted by atomic mass is 10.1. The molecule has 28 heavy (non-hydrogen) atoms. The summed E-state index contributed by atoms with van der Waals surface area (Å²) in [5, 5.41) is 9.98. The van der Waals surface area contributed by atoms with Crippen molar-refractivity contribution in [1.29, 1.82) is 0 Å². The van der Waals surface area contributed by atoms with E-state index in [0.717, 1.165) is 35.4 Å². The molecule has 0 fully saturated rings. The fraction of sp³-hybridized carbons (Fsp3) is 0.200. The summed E-state index contributed by atoms with van der Waals surface area (Å²) >= 11 is 0. The second kappa shape index (κ2) is 6.98. The van der Waals surface area contributed by atoms with Gasteiger partial charge in [-0.3, -0.25) is 0 Å². The van der Waals surface area contributed by atoms with Crippen LogP contribution in [0.15, 0.2) is 28.9 Å². The highest BCUT2D eigenvalue weighted by atomic mass is 19.4. The summed E-state index contributed by atoms with van der Waals surface area (Å²) < 4.78 is 86.5. The van der Waals surface area contributed by atoms with Crippen molar-refractivity contribution in [3.05, 3.63) is 41.9 Å². The maximum atomic E-state index is 13.0. The van der Waals surface area contributed by atoms with Gasteiger partial charge in [0.2, 0.25) is 5.89 Å². The topological polar surface area (TPSA) is 78.9 Å². The molecule has 2 aromatic heterocycles. The molecule has 13 heteroatoms. The average Bonchev–Trinajstić information content (AvgIpc) is 3.28. The largest absolute Gasteiger partial charge is 0.497 e. The minimum Gasteiger partial charge on any atom is -0.497 e. The predicted molar refractivity (Wildman–Crippen MR) is 81.5 cm³/mol. The van der Waals surface area contributed by atoms with Crippen LogP contribution in [-0.4, -0.2) is 32.1 Å². The molecule has 0 saturated carbocycles. The molecule has 0 aliphatic heterocycles. The summed E-state index contributed by atoms with van der Waals surface area (Å²) in [6.07, 6.45) is -6.05. The summed E-state index contributed by atoms with van der Waals surface area (Å²) in [5.74, 6) is -2.05. The van der Waals surface area contributed by atoms with E-state index in [1.165, 1.54) is 13.2 Å². The first-order chi connectivity index (χ1) is 13.1. The number of ether oxygens (including phenoxy) is 1. The monoisotopic (exact) mass is 405 g/mol. The molecule has 0 N–H and O–H groups in total. The number of hydrogen-bond donors (Lipinski definition) is 0. The molecule has 3 rings (SSSR count). The van der Waals surface area contributed by atoms with Gasteiger partial charge in [-0.05, 0) is 18.2 Å². The molecule has 3 aromatic rings. The van der Waals surface area contributed by atoms with Crippen molar-refractivity contribution in [1.82, 2.24) is 25.0 Å². The van der Waals surface area contributed by atoms with E-state index in [4.69, 9.17) is 4.74 Å². The van der Waals surface area contributed by atoms with Crippen molar-refractivity contribution >= 4 is 12.3 Å². The van der Waals surface area contributed by atoms with Crippen molar-refractivity contribution in [3.8, 4) is 17.1 Å². The Morgan fingerprint density at radius 1 is 1.04 bits per heavy atom. The van der Waals surface area contributed by atoms with Gasteiger partial charge in [0, 0.05) is 17.8 Å². The van der Waals surface area contributed by atoms with Crippen LogP contribution in [0.1, 0.15) is 17.3 Å². The molecule has 0 radical (unpaired) electrons. The first kappa shape index (κ1) is 19.4. The third-order valence-electron chi connectivity index (χ3n) is 3.29. The van der Waals surface area contributed by atoms with Crippen LogP contribution in [-0.2, 0) is 12.4 Å². The molecule has 0 saturated heterocycles. The van der Waals surface area contributed by atoms with E-state index in [9.17, 15) is 26.3 Å². The second-order valence-electron chi connectivity index (χ2n) is 5.26. The van der Waals surface area contributed by atoms with Crippen LogP contribution in [0.25, 0.3) is 23.7 Å². The summed E-state index contributed by atoms with van der Waals surface area (Å²) in [6.45, 7) is 0. The first-order valence-corrected chi connectivity index (χ1v) is 7.33. The summed E-state index contributed by atoms with van der Waals surface area (Å²) in [5.41, 5.74) is -0.907. The van der Waals surface area contributed by atoms with Gasteiger partial charge >= 0.3 is 18.2 Å². The zero-order chi connectivity index (χ0) is 20.5. The predicted octanol–water partition coefficient (Wildman–Crippen LogP) is 4.00. The number of benzene rings is 1. The van der Waals surface area contributed by atoms with Crippen LogP contribution in [0.4, 0.5) is 26.3 Å². The number of hydrogen-bond acceptors (Lipinski definition) is 6. The molecule has 148 valence electrons. The fourth-order valence-corrected chi connectivity index (χ4v) is 2.05. The van der Waals surface area contributed by atoms with E-state index >= 15 is 0 Å². The van der Waals surface area contributed by atoms with Crippen LogP contribution in [0.3, 0.4) is 0 Å². The van der Waals surface area contributed by atoms with Gasteiger partial charge in [0.25, 0.3) is 0 Å². The van der Waals surface area contributed by atoms with Gasteiger partial charge in [0.1, 0.15) is 12.1 Å². The summed E-state index contributed by atoms with van der Waals surface area (Å²) in [7, 11) is 1.22. The SMILES string of the molecule is COc1cc(-c2ncn(C=Cc3nnc(C(F)(F)F)o3)n2)cc(C(F)(F)F)c1. The molecule has 7 nitrogen and oxygen atoms in total. The minimum absolute atomic E-state index is 0.0379. The highest BCUT2D eigenvalue weighted by Crippen LogP contribution is 2.34. The maximum absolute atomic E-state index is 13.0. The zero-order valence-electron chi connectivity index (χ0n) is 13.8. The molecule has 0 spiro atoms. The Bertz CT molecular complexity index is 1010. The van der Waals surface area contributed by atoms with Gasteiger partial charge in [-0.2, -0.15) is 26.3 Å². The zero-order valence-corrected chi connectivity index (χ0v) is 13.8. The lowest BCUT2D eigenvalue weighted by Gasteiger charge is -2.10. The van der Waals surface area contributed by atoms with Gasteiger partial charge in [0.15, 0.2) is 5.82 Å². The molecule has 2 heterocycles. The molecule has 0 unspecified atom stereocenters. The van der Waals surface area contributed by atoms with E-state index in [2.05, 4.69) is 24.7 Å². The Labute approximate surface area is 152 Å². The van der Waals surface area contributed by atoms with Crippen molar-refractivity contribution in [2.24, 2.45) is 0 Å². The van der Waals surface area contributed by atoms with E-state index in [1.807, 2.05) is 0 Å². The van der Waals surface area contributed by atoms with Gasteiger partial charge in [-0.1, -0.05) is 0 Å². The third-order valence-corrected chi connectivity index (χ3v) is 3.29. The van der Waals surface area contributed by atoms with Crippen molar-refractivity contribution in [3.63, 3.8) is 0 Å². The maximum Gasteiger partial charge on any atom is 0.470 e. The van der Waals surface area contributed by atoms with E-state index < -0.39 is 29.7 Å². The van der Waals surface area contributed by atoms with Crippen molar-refractivity contribution < 1.29 is 35.5 Å². The second-order valence-corrected chi connectivity index (χ2v) is 5.26. The quantitative estimate of drug-likeness (QED) is 0.611. The molecule has 1 aromatic carbocycles. The van der Waals surface area contributed by atoms with Gasteiger partial charge in [-0.15, -0.1) is 15.3 Å². The highest BCUT2D eigenvalue weighted by Gasteiger charge is 2.38. The minimum atomic E-state index is -4.78. The van der Waals surface area contributed by atoms with Crippen LogP contribution in [0.5, 0.6) is 5.75 Å². The molecule has 0 aliphatic rings. The fourth-order valence-electron chi connectivity index (χ4n) is 2.05. The van der Waals surface area contributed by atoms with Crippen LogP contribution >= 0.6 is 0 Å². The van der Waals surface area contributed by atoms with Gasteiger partial charge < -0.3 is 9.15 Å². The van der Waals surface area contributed by atoms with Crippen molar-refractivity contribution in [2.45, 2.75) is 12.4 Å². The van der Waals surface area contributed by atoms with Gasteiger partial charge in [0.05, 0.1) is 12.7 Å². The molecule has 0 bridgehead atoms. The Hall–Kier alpha value is -3.38. The van der Waals surface area contributed by atoms with E-state index in [-0.39, 0.29) is 17.1 Å². The van der Waals surface area contributed by atoms with E-state index in [0.29, 0.717) is 0 Å². The third kappa shape index (κ3) is 4.29. The number of alkyl halides is 6. The highest BCUT2D eigenvalue weighted by molar-refractivity contribution is 5.60. The van der Waals surface area contributed by atoms with E-state index in [1.54, 1.807) is 0 Å². The summed E-state index contributed by atoms with van der Waals surface area (Å²) in [6, 6.07) is 2.99. The standard InChI is InChI=1S/C15H9F6N5O2/c1-27-10-5-8(4-9(6-10)14(16,17)18)12-22-7-26(25-12)3-2-11-23-24-13(28-11)15(19,20)21/h2-7H,1H3. The van der Waals surface area contributed by atoms with Gasteiger partial charge in [-0.25, -0.2) is 9.67 Å². The lowest BCUT2D eigenvalue weighted by Crippen LogP contribution is -2.05. The number of halogens is 6. The Morgan fingerprint density at radius 2 is 1.79 bits per heavy atom. The smallest absolute Gasteiger partial charge is 0.470 e. The molecule has 0 amide bonds. The number of methoxy groups -OCH3 is 1. The molecule has 0 atom stereocenters. The Morgan fingerprint density at radius 3 is 2.39 bits per heavy atom. The van der Waals surface area contributed by atoms with Crippen molar-refractivity contribution in [2.75, 3.05) is 7.11 Å². The molecular weight excluding hydrogens is 396 g/mol. The van der Waals surface area contributed by atoms with Crippen LogP contribution in [0.2, 0.25) is 0 Å². The average molecular weight is 405 g/mol. The number of aromatic nitrogens is 5. The van der Waals surface area contributed by atoms with Crippen LogP contribution in [0, 0.1) is 0 Å². The molecular formula is C15H9F6N5O2. The molecule has 0 aliphatic carbocycles. The lowest BCUT2D eigenvalue weighted by molar-refractivity contribution is -0.157. The van der Waals surface area contributed by atoms with Crippen LogP contribution < -0.4 is 4.74 Å². The normalized spacial score (nSPS) is 12.7. The number of rotatable bonds is 4. The Balaban J connectivity index is 1.85. The Kier molecular flexibility index (Phi) is 4.83. The summed E-state index contributed by atoms with van der Waals surface area (Å²) in [4.78, 5) is 3.87.